The number of hydrogen-bond donors (Lipinski definition) is 1. The van der Waals surface area contributed by atoms with Crippen LogP contribution < -0.4 is 0 Å². The van der Waals surface area contributed by atoms with Gasteiger partial charge in [-0.1, -0.05) is 64.7 Å². The lowest BCUT2D eigenvalue weighted by Gasteiger charge is -2.05. The van der Waals surface area contributed by atoms with Crippen LogP contribution in [0.5, 0.6) is 0 Å². The predicted octanol–water partition coefficient (Wildman–Crippen LogP) is 4.85. The van der Waals surface area contributed by atoms with Gasteiger partial charge in [0.1, 0.15) is 6.10 Å². The second-order valence-electron chi connectivity index (χ2n) is 4.97. The summed E-state index contributed by atoms with van der Waals surface area (Å²) in [5.41, 5.74) is 0. The van der Waals surface area contributed by atoms with Gasteiger partial charge in [0.2, 0.25) is 0 Å². The molecule has 2 nitrogen and oxygen atoms in total. The van der Waals surface area contributed by atoms with Crippen LogP contribution in [-0.4, -0.2) is 18.3 Å². The molecule has 0 aromatic rings. The van der Waals surface area contributed by atoms with Crippen molar-refractivity contribution in [2.24, 2.45) is 0 Å². The molecule has 0 amide bonds. The smallest absolute Gasteiger partial charge is 0.116 e. The predicted molar refractivity (Wildman–Crippen MR) is 73.5 cm³/mol. The zero-order valence-corrected chi connectivity index (χ0v) is 11.8. The van der Waals surface area contributed by atoms with E-state index in [2.05, 4.69) is 6.92 Å². The fourth-order valence-corrected chi connectivity index (χ4v) is 1.91. The minimum absolute atomic E-state index is 0.372. The maximum atomic E-state index is 8.91. The van der Waals surface area contributed by atoms with Crippen LogP contribution in [0, 0.1) is 6.10 Å². The first kappa shape index (κ1) is 16.9. The number of ether oxygens (including phenoxy) is 1. The van der Waals surface area contributed by atoms with E-state index in [-0.39, 0.29) is 0 Å². The number of aliphatic hydroxyl groups excluding tert-OH is 1. The number of aliphatic hydroxyl groups is 1. The van der Waals surface area contributed by atoms with E-state index < -0.39 is 0 Å². The average molecular weight is 243 g/mol. The highest BCUT2D eigenvalue weighted by atomic mass is 16.5. The van der Waals surface area contributed by atoms with E-state index in [0.29, 0.717) is 12.7 Å². The molecule has 0 aromatic carbocycles. The van der Waals surface area contributed by atoms with Gasteiger partial charge in [-0.05, 0) is 13.3 Å². The molecule has 2 heteroatoms. The molecule has 0 fully saturated rings. The van der Waals surface area contributed by atoms with Crippen LogP contribution in [0.2, 0.25) is 0 Å². The van der Waals surface area contributed by atoms with Crippen LogP contribution in [0.15, 0.2) is 0 Å². The van der Waals surface area contributed by atoms with Crippen molar-refractivity contribution in [2.75, 3.05) is 13.2 Å². The zero-order chi connectivity index (χ0) is 12.8. The number of rotatable bonds is 13. The van der Waals surface area contributed by atoms with Crippen molar-refractivity contribution in [1.82, 2.24) is 0 Å². The maximum absolute atomic E-state index is 8.91. The standard InChI is InChI=1S/C15H31O2/c1-3-4-5-6-7-8-9-10-11-12-13-17-14-15(2)16/h16H,3-14H2,1-2H3. The van der Waals surface area contributed by atoms with Crippen molar-refractivity contribution >= 4 is 0 Å². The van der Waals surface area contributed by atoms with Crippen LogP contribution in [0.4, 0.5) is 0 Å². The Kier molecular flexibility index (Phi) is 13.9. The average Bonchev–Trinajstić information content (AvgIpc) is 2.30. The van der Waals surface area contributed by atoms with Gasteiger partial charge in [0, 0.05) is 6.61 Å². The lowest BCUT2D eigenvalue weighted by atomic mass is 10.1. The Labute approximate surface area is 108 Å². The second-order valence-corrected chi connectivity index (χ2v) is 4.97. The summed E-state index contributed by atoms with van der Waals surface area (Å²) in [4.78, 5) is 0. The third-order valence-electron chi connectivity index (χ3n) is 2.95. The van der Waals surface area contributed by atoms with Gasteiger partial charge in [-0.15, -0.1) is 0 Å². The van der Waals surface area contributed by atoms with Gasteiger partial charge in [-0.2, -0.15) is 0 Å². The Morgan fingerprint density at radius 2 is 1.29 bits per heavy atom. The summed E-state index contributed by atoms with van der Waals surface area (Å²) in [6.45, 7) is 5.13. The molecule has 0 saturated heterocycles. The maximum Gasteiger partial charge on any atom is 0.116 e. The normalized spacial score (nSPS) is 11.3. The van der Waals surface area contributed by atoms with E-state index in [0.717, 1.165) is 13.0 Å². The molecule has 0 aromatic heterocycles. The van der Waals surface area contributed by atoms with Gasteiger partial charge in [0.05, 0.1) is 6.61 Å². The van der Waals surface area contributed by atoms with Crippen LogP contribution >= 0.6 is 0 Å². The second kappa shape index (κ2) is 14.0. The van der Waals surface area contributed by atoms with Crippen LogP contribution in [-0.2, 0) is 4.74 Å². The third kappa shape index (κ3) is 15.9. The summed E-state index contributed by atoms with van der Waals surface area (Å²) >= 11 is 0. The van der Waals surface area contributed by atoms with Gasteiger partial charge in [0.25, 0.3) is 0 Å². The quantitative estimate of drug-likeness (QED) is 0.469. The van der Waals surface area contributed by atoms with Crippen molar-refractivity contribution in [3.63, 3.8) is 0 Å². The molecule has 1 radical (unpaired) electrons. The Morgan fingerprint density at radius 1 is 0.824 bits per heavy atom. The highest BCUT2D eigenvalue weighted by Gasteiger charge is 1.96. The first-order valence-electron chi connectivity index (χ1n) is 7.36. The third-order valence-corrected chi connectivity index (χ3v) is 2.95. The largest absolute Gasteiger partial charge is 0.385 e. The van der Waals surface area contributed by atoms with Gasteiger partial charge in [0.15, 0.2) is 0 Å². The van der Waals surface area contributed by atoms with Gasteiger partial charge in [-0.25, -0.2) is 0 Å². The first-order chi connectivity index (χ1) is 8.27. The van der Waals surface area contributed by atoms with Crippen LogP contribution in [0.3, 0.4) is 0 Å². The Bertz CT molecular complexity index is 135. The molecular weight excluding hydrogens is 212 g/mol. The monoisotopic (exact) mass is 243 g/mol. The summed E-state index contributed by atoms with van der Waals surface area (Å²) < 4.78 is 5.28. The van der Waals surface area contributed by atoms with Crippen LogP contribution in [0.25, 0.3) is 0 Å². The molecule has 0 aliphatic carbocycles. The van der Waals surface area contributed by atoms with E-state index in [1.54, 1.807) is 6.92 Å². The highest BCUT2D eigenvalue weighted by molar-refractivity contribution is 4.64. The van der Waals surface area contributed by atoms with Crippen molar-refractivity contribution in [2.45, 2.75) is 78.1 Å². The highest BCUT2D eigenvalue weighted by Crippen LogP contribution is 2.10. The molecule has 1 N–H and O–H groups in total. The fourth-order valence-electron chi connectivity index (χ4n) is 1.91. The fraction of sp³-hybridized carbons (Fsp3) is 0.933. The molecular formula is C15H31O2. The Balaban J connectivity index is 2.89. The summed E-state index contributed by atoms with van der Waals surface area (Å²) in [6.07, 6.45) is 13.9. The van der Waals surface area contributed by atoms with Crippen molar-refractivity contribution in [3.8, 4) is 0 Å². The van der Waals surface area contributed by atoms with Crippen molar-refractivity contribution < 1.29 is 9.84 Å². The molecule has 0 saturated carbocycles. The molecule has 0 spiro atoms. The SMILES string of the molecule is CCCCCCCCCCCCOC[C](C)O. The van der Waals surface area contributed by atoms with Crippen molar-refractivity contribution in [1.29, 1.82) is 0 Å². The van der Waals surface area contributed by atoms with E-state index in [1.165, 1.54) is 57.8 Å². The zero-order valence-electron chi connectivity index (χ0n) is 11.8. The first-order valence-corrected chi connectivity index (χ1v) is 7.36. The minimum atomic E-state index is 0.372. The summed E-state index contributed by atoms with van der Waals surface area (Å²) in [5, 5.41) is 8.91. The molecule has 0 bridgehead atoms. The minimum Gasteiger partial charge on any atom is -0.385 e. The Hall–Kier alpha value is -0.0800. The van der Waals surface area contributed by atoms with E-state index in [1.807, 2.05) is 0 Å². The van der Waals surface area contributed by atoms with E-state index in [9.17, 15) is 0 Å². The van der Waals surface area contributed by atoms with E-state index >= 15 is 0 Å². The molecule has 0 heterocycles. The topological polar surface area (TPSA) is 29.5 Å². The summed E-state index contributed by atoms with van der Waals surface area (Å²) in [6, 6.07) is 0. The Morgan fingerprint density at radius 3 is 1.76 bits per heavy atom. The van der Waals surface area contributed by atoms with E-state index in [4.69, 9.17) is 9.84 Å². The lowest BCUT2D eigenvalue weighted by Crippen LogP contribution is -2.03. The molecule has 0 atom stereocenters. The molecule has 0 rings (SSSR count). The molecule has 103 valence electrons. The lowest BCUT2D eigenvalue weighted by molar-refractivity contribution is 0.0953. The number of hydrogen-bond acceptors (Lipinski definition) is 2. The van der Waals surface area contributed by atoms with Crippen molar-refractivity contribution in [3.05, 3.63) is 6.10 Å². The molecule has 0 aliphatic heterocycles. The van der Waals surface area contributed by atoms with Gasteiger partial charge < -0.3 is 9.84 Å². The molecule has 17 heavy (non-hydrogen) atoms. The van der Waals surface area contributed by atoms with Crippen LogP contribution in [0.1, 0.15) is 78.1 Å². The van der Waals surface area contributed by atoms with Gasteiger partial charge >= 0.3 is 0 Å². The molecule has 0 unspecified atom stereocenters. The number of unbranched alkanes of at least 4 members (excludes halogenated alkanes) is 9. The summed E-state index contributed by atoms with van der Waals surface area (Å²) in [7, 11) is 0. The molecule has 0 aliphatic rings. The summed E-state index contributed by atoms with van der Waals surface area (Å²) in [5.74, 6) is 0. The van der Waals surface area contributed by atoms with Gasteiger partial charge in [-0.3, -0.25) is 0 Å².